The van der Waals surface area contributed by atoms with E-state index in [1.165, 1.54) is 48.2 Å². The van der Waals surface area contributed by atoms with E-state index in [1.807, 2.05) is 0 Å². The average Bonchev–Trinajstić information content (AvgIpc) is 3.03. The van der Waals surface area contributed by atoms with Gasteiger partial charge in [0.05, 0.1) is 6.54 Å². The van der Waals surface area contributed by atoms with Gasteiger partial charge in [-0.05, 0) is 42.0 Å². The molecule has 0 unspecified atom stereocenters. The van der Waals surface area contributed by atoms with E-state index >= 15 is 0 Å². The Kier molecular flexibility index (Phi) is 4.71. The highest BCUT2D eigenvalue weighted by Gasteiger charge is 2.25. The Morgan fingerprint density at radius 3 is 2.30 bits per heavy atom. The van der Waals surface area contributed by atoms with Crippen LogP contribution in [0.1, 0.15) is 15.9 Å². The third-order valence-corrected chi connectivity index (χ3v) is 4.50. The molecular formula is C17H14F2N2OS. The molecule has 0 aromatic heterocycles. The Balaban J connectivity index is 1.66. The van der Waals surface area contributed by atoms with Crippen LogP contribution in [0.25, 0.3) is 0 Å². The van der Waals surface area contributed by atoms with Crippen molar-refractivity contribution >= 4 is 22.8 Å². The van der Waals surface area contributed by atoms with Crippen molar-refractivity contribution in [1.82, 2.24) is 4.90 Å². The number of carbonyl (C=O) groups is 1. The highest BCUT2D eigenvalue weighted by Crippen LogP contribution is 2.21. The number of nitrogens with zero attached hydrogens (tertiary/aromatic N) is 2. The van der Waals surface area contributed by atoms with Gasteiger partial charge >= 0.3 is 0 Å². The summed E-state index contributed by atoms with van der Waals surface area (Å²) in [4.78, 5) is 18.4. The summed E-state index contributed by atoms with van der Waals surface area (Å²) in [5.74, 6) is -0.229. The number of amidine groups is 1. The van der Waals surface area contributed by atoms with Crippen molar-refractivity contribution in [2.45, 2.75) is 5.75 Å². The van der Waals surface area contributed by atoms with Crippen LogP contribution in [-0.4, -0.2) is 29.1 Å². The molecule has 23 heavy (non-hydrogen) atoms. The summed E-state index contributed by atoms with van der Waals surface area (Å²) in [6.45, 7) is 1.07. The summed E-state index contributed by atoms with van der Waals surface area (Å²) < 4.78 is 25.9. The van der Waals surface area contributed by atoms with Gasteiger partial charge in [-0.25, -0.2) is 8.78 Å². The molecule has 1 heterocycles. The van der Waals surface area contributed by atoms with Crippen LogP contribution in [0.2, 0.25) is 0 Å². The SMILES string of the molecule is O=C(c1ccc(F)cc1)N1CCN=C1SCc1ccc(F)cc1. The molecule has 1 amide bonds. The Bertz CT molecular complexity index is 729. The number of aliphatic imine (C=N–C) groups is 1. The van der Waals surface area contributed by atoms with Gasteiger partial charge in [0.25, 0.3) is 5.91 Å². The van der Waals surface area contributed by atoms with Gasteiger partial charge in [0.15, 0.2) is 5.17 Å². The summed E-state index contributed by atoms with van der Waals surface area (Å²) in [6.07, 6.45) is 0. The maximum absolute atomic E-state index is 13.0. The number of carbonyl (C=O) groups excluding carboxylic acids is 1. The summed E-state index contributed by atoms with van der Waals surface area (Å²) in [6, 6.07) is 11.7. The van der Waals surface area contributed by atoms with Crippen LogP contribution < -0.4 is 0 Å². The van der Waals surface area contributed by atoms with Gasteiger partial charge in [-0.3, -0.25) is 14.7 Å². The van der Waals surface area contributed by atoms with Crippen LogP contribution in [0.3, 0.4) is 0 Å². The lowest BCUT2D eigenvalue weighted by molar-refractivity contribution is 0.0860. The minimum absolute atomic E-state index is 0.187. The number of hydrogen-bond donors (Lipinski definition) is 0. The van der Waals surface area contributed by atoms with E-state index in [-0.39, 0.29) is 17.5 Å². The highest BCUT2D eigenvalue weighted by molar-refractivity contribution is 8.13. The topological polar surface area (TPSA) is 32.7 Å². The molecule has 1 aliphatic rings. The van der Waals surface area contributed by atoms with E-state index in [9.17, 15) is 13.6 Å². The maximum Gasteiger partial charge on any atom is 0.259 e. The fraction of sp³-hybridized carbons (Fsp3) is 0.176. The zero-order valence-corrected chi connectivity index (χ0v) is 13.0. The smallest absolute Gasteiger partial charge is 0.259 e. The number of benzene rings is 2. The molecule has 2 aromatic carbocycles. The van der Waals surface area contributed by atoms with E-state index in [2.05, 4.69) is 4.99 Å². The van der Waals surface area contributed by atoms with Crippen LogP contribution in [0, 0.1) is 11.6 Å². The lowest BCUT2D eigenvalue weighted by Gasteiger charge is -2.18. The van der Waals surface area contributed by atoms with Crippen molar-refractivity contribution in [3.63, 3.8) is 0 Å². The lowest BCUT2D eigenvalue weighted by atomic mass is 10.2. The van der Waals surface area contributed by atoms with Crippen LogP contribution in [0.15, 0.2) is 53.5 Å². The minimum atomic E-state index is -0.373. The van der Waals surface area contributed by atoms with Gasteiger partial charge in [-0.1, -0.05) is 23.9 Å². The van der Waals surface area contributed by atoms with E-state index in [0.717, 1.165) is 5.56 Å². The third kappa shape index (κ3) is 3.76. The van der Waals surface area contributed by atoms with Crippen molar-refractivity contribution < 1.29 is 13.6 Å². The van der Waals surface area contributed by atoms with E-state index in [4.69, 9.17) is 0 Å². The molecule has 0 fully saturated rings. The molecule has 2 aromatic rings. The van der Waals surface area contributed by atoms with Gasteiger partial charge in [0.2, 0.25) is 0 Å². The Labute approximate surface area is 137 Å². The van der Waals surface area contributed by atoms with Crippen molar-refractivity contribution in [1.29, 1.82) is 0 Å². The second-order valence-electron chi connectivity index (χ2n) is 5.04. The second kappa shape index (κ2) is 6.91. The van der Waals surface area contributed by atoms with Gasteiger partial charge in [0, 0.05) is 17.9 Å². The van der Waals surface area contributed by atoms with Gasteiger partial charge in [0.1, 0.15) is 11.6 Å². The third-order valence-electron chi connectivity index (χ3n) is 3.42. The molecule has 0 atom stereocenters. The summed E-state index contributed by atoms with van der Waals surface area (Å²) in [7, 11) is 0. The molecule has 0 saturated heterocycles. The predicted molar refractivity (Wildman–Crippen MR) is 87.4 cm³/mol. The van der Waals surface area contributed by atoms with E-state index in [0.29, 0.717) is 29.6 Å². The number of hydrogen-bond acceptors (Lipinski definition) is 3. The van der Waals surface area contributed by atoms with Crippen molar-refractivity contribution in [2.24, 2.45) is 4.99 Å². The number of rotatable bonds is 3. The molecule has 0 N–H and O–H groups in total. The monoisotopic (exact) mass is 332 g/mol. The summed E-state index contributed by atoms with van der Waals surface area (Å²) >= 11 is 1.44. The molecule has 0 bridgehead atoms. The van der Waals surface area contributed by atoms with Crippen molar-refractivity contribution in [3.8, 4) is 0 Å². The molecule has 1 aliphatic heterocycles. The molecular weight excluding hydrogens is 318 g/mol. The minimum Gasteiger partial charge on any atom is -0.286 e. The lowest BCUT2D eigenvalue weighted by Crippen LogP contribution is -2.32. The number of amides is 1. The van der Waals surface area contributed by atoms with Crippen LogP contribution >= 0.6 is 11.8 Å². The first-order valence-corrected chi connectivity index (χ1v) is 8.11. The van der Waals surface area contributed by atoms with Gasteiger partial charge in [-0.15, -0.1) is 0 Å². The molecule has 0 aliphatic carbocycles. The fourth-order valence-electron chi connectivity index (χ4n) is 2.22. The Morgan fingerprint density at radius 1 is 1.04 bits per heavy atom. The average molecular weight is 332 g/mol. The standard InChI is InChI=1S/C17H14F2N2OS/c18-14-5-1-12(2-6-14)11-23-17-20-9-10-21(17)16(22)13-3-7-15(19)8-4-13/h1-8H,9-11H2. The molecule has 118 valence electrons. The second-order valence-corrected chi connectivity index (χ2v) is 5.99. The summed E-state index contributed by atoms with van der Waals surface area (Å²) in [5, 5.41) is 0.642. The molecule has 0 saturated carbocycles. The molecule has 3 nitrogen and oxygen atoms in total. The first kappa shape index (κ1) is 15.7. The first-order valence-electron chi connectivity index (χ1n) is 7.12. The molecule has 3 rings (SSSR count). The van der Waals surface area contributed by atoms with Crippen LogP contribution in [0.4, 0.5) is 8.78 Å². The fourth-order valence-corrected chi connectivity index (χ4v) is 3.22. The van der Waals surface area contributed by atoms with E-state index < -0.39 is 0 Å². The van der Waals surface area contributed by atoms with Crippen LogP contribution in [0.5, 0.6) is 0 Å². The van der Waals surface area contributed by atoms with Crippen molar-refractivity contribution in [3.05, 3.63) is 71.3 Å². The number of halogens is 2. The molecule has 0 radical (unpaired) electrons. The zero-order valence-electron chi connectivity index (χ0n) is 12.2. The molecule has 6 heteroatoms. The van der Waals surface area contributed by atoms with Crippen molar-refractivity contribution in [2.75, 3.05) is 13.1 Å². The van der Waals surface area contributed by atoms with Crippen LogP contribution in [-0.2, 0) is 5.75 Å². The summed E-state index contributed by atoms with van der Waals surface area (Å²) in [5.41, 5.74) is 1.39. The largest absolute Gasteiger partial charge is 0.286 e. The first-order chi connectivity index (χ1) is 11.1. The highest BCUT2D eigenvalue weighted by atomic mass is 32.2. The Morgan fingerprint density at radius 2 is 1.65 bits per heavy atom. The predicted octanol–water partition coefficient (Wildman–Crippen LogP) is 3.71. The number of thioether (sulfide) groups is 1. The molecule has 0 spiro atoms. The van der Waals surface area contributed by atoms with Gasteiger partial charge < -0.3 is 0 Å². The van der Waals surface area contributed by atoms with E-state index in [1.54, 1.807) is 17.0 Å². The zero-order chi connectivity index (χ0) is 16.2. The van der Waals surface area contributed by atoms with Gasteiger partial charge in [-0.2, -0.15) is 0 Å². The normalized spacial score (nSPS) is 14.0. The maximum atomic E-state index is 13.0. The quantitative estimate of drug-likeness (QED) is 0.858. The Hall–Kier alpha value is -2.21.